The van der Waals surface area contributed by atoms with E-state index in [2.05, 4.69) is 5.32 Å². The van der Waals surface area contributed by atoms with Gasteiger partial charge in [0.2, 0.25) is 0 Å². The molecular formula is C14H15N3O3. The van der Waals surface area contributed by atoms with E-state index >= 15 is 0 Å². The van der Waals surface area contributed by atoms with Gasteiger partial charge in [-0.25, -0.2) is 9.59 Å². The highest BCUT2D eigenvalue weighted by atomic mass is 16.4. The fourth-order valence-electron chi connectivity index (χ4n) is 2.26. The number of benzene rings is 1. The molecule has 1 aromatic rings. The third-order valence-electron chi connectivity index (χ3n) is 3.29. The number of urea groups is 1. The Balaban J connectivity index is 2.00. The molecule has 0 radical (unpaired) electrons. The van der Waals surface area contributed by atoms with Crippen LogP contribution in [0.2, 0.25) is 0 Å². The average Bonchev–Trinajstić information content (AvgIpc) is 2.91. The molecule has 104 valence electrons. The Labute approximate surface area is 116 Å². The van der Waals surface area contributed by atoms with Gasteiger partial charge in [0.25, 0.3) is 0 Å². The van der Waals surface area contributed by atoms with Gasteiger partial charge in [0.1, 0.15) is 6.04 Å². The Bertz CT molecular complexity index is 548. The molecule has 0 spiro atoms. The summed E-state index contributed by atoms with van der Waals surface area (Å²) >= 11 is 0. The summed E-state index contributed by atoms with van der Waals surface area (Å²) in [6.07, 6.45) is 1.51. The zero-order chi connectivity index (χ0) is 14.5. The predicted molar refractivity (Wildman–Crippen MR) is 72.1 cm³/mol. The van der Waals surface area contributed by atoms with Crippen LogP contribution in [-0.2, 0) is 11.2 Å². The van der Waals surface area contributed by atoms with Crippen LogP contribution < -0.4 is 5.32 Å². The number of nitrogens with one attached hydrogen (secondary N) is 1. The number of anilines is 1. The van der Waals surface area contributed by atoms with Crippen molar-refractivity contribution >= 4 is 17.7 Å². The van der Waals surface area contributed by atoms with Crippen molar-refractivity contribution in [3.05, 3.63) is 29.8 Å². The first-order valence-electron chi connectivity index (χ1n) is 6.38. The Kier molecular flexibility index (Phi) is 4.20. The molecule has 20 heavy (non-hydrogen) atoms. The standard InChI is InChI=1S/C14H15N3O3/c15-8-7-10-3-5-11(6-4-10)16-14(20)17-9-1-2-12(17)13(18)19/h3-6,12H,1-2,7,9H2,(H,16,20)(H,18,19)/t12-/m0/s1. The van der Waals surface area contributed by atoms with Crippen LogP contribution in [0.1, 0.15) is 18.4 Å². The number of likely N-dealkylation sites (tertiary alicyclic amines) is 1. The van der Waals surface area contributed by atoms with E-state index in [4.69, 9.17) is 10.4 Å². The number of carbonyl (C=O) groups excluding carboxylic acids is 1. The zero-order valence-corrected chi connectivity index (χ0v) is 10.9. The van der Waals surface area contributed by atoms with Gasteiger partial charge in [-0.05, 0) is 30.5 Å². The highest BCUT2D eigenvalue weighted by Gasteiger charge is 2.33. The summed E-state index contributed by atoms with van der Waals surface area (Å²) in [7, 11) is 0. The van der Waals surface area contributed by atoms with Gasteiger partial charge in [0, 0.05) is 12.2 Å². The lowest BCUT2D eigenvalue weighted by Crippen LogP contribution is -2.42. The number of carboxylic acid groups (broad SMARTS) is 1. The van der Waals surface area contributed by atoms with E-state index in [1.165, 1.54) is 4.90 Å². The van der Waals surface area contributed by atoms with Crippen molar-refractivity contribution in [1.82, 2.24) is 4.90 Å². The summed E-state index contributed by atoms with van der Waals surface area (Å²) in [6.45, 7) is 0.454. The number of aliphatic carboxylic acids is 1. The Hall–Kier alpha value is -2.55. The monoisotopic (exact) mass is 273 g/mol. The molecule has 0 unspecified atom stereocenters. The first-order valence-corrected chi connectivity index (χ1v) is 6.38. The Morgan fingerprint density at radius 3 is 2.70 bits per heavy atom. The fraction of sp³-hybridized carbons (Fsp3) is 0.357. The molecule has 1 heterocycles. The number of amides is 2. The van der Waals surface area contributed by atoms with E-state index in [9.17, 15) is 9.59 Å². The number of carboxylic acids is 1. The quantitative estimate of drug-likeness (QED) is 0.878. The molecule has 1 aliphatic heterocycles. The Morgan fingerprint density at radius 1 is 1.40 bits per heavy atom. The molecule has 1 saturated heterocycles. The van der Waals surface area contributed by atoms with E-state index in [1.54, 1.807) is 24.3 Å². The van der Waals surface area contributed by atoms with E-state index in [1.807, 2.05) is 6.07 Å². The molecular weight excluding hydrogens is 258 g/mol. The van der Waals surface area contributed by atoms with Gasteiger partial charge in [-0.3, -0.25) is 0 Å². The molecule has 6 heteroatoms. The summed E-state index contributed by atoms with van der Waals surface area (Å²) in [4.78, 5) is 24.4. The number of hydrogen-bond acceptors (Lipinski definition) is 3. The van der Waals surface area contributed by atoms with Crippen LogP contribution in [0, 0.1) is 11.3 Å². The van der Waals surface area contributed by atoms with Crippen molar-refractivity contribution in [2.75, 3.05) is 11.9 Å². The van der Waals surface area contributed by atoms with Gasteiger partial charge in [-0.1, -0.05) is 12.1 Å². The normalized spacial score (nSPS) is 17.6. The summed E-state index contributed by atoms with van der Waals surface area (Å²) in [5, 5.41) is 20.3. The van der Waals surface area contributed by atoms with Crippen molar-refractivity contribution in [3.63, 3.8) is 0 Å². The predicted octanol–water partition coefficient (Wildman–Crippen LogP) is 1.83. The Morgan fingerprint density at radius 2 is 2.10 bits per heavy atom. The summed E-state index contributed by atoms with van der Waals surface area (Å²) in [6, 6.07) is 7.84. The third kappa shape index (κ3) is 3.06. The fourth-order valence-corrected chi connectivity index (χ4v) is 2.26. The zero-order valence-electron chi connectivity index (χ0n) is 10.9. The van der Waals surface area contributed by atoms with Gasteiger partial charge in [0.05, 0.1) is 12.5 Å². The molecule has 0 aromatic heterocycles. The molecule has 1 aliphatic rings. The van der Waals surface area contributed by atoms with Crippen molar-refractivity contribution in [2.45, 2.75) is 25.3 Å². The minimum atomic E-state index is -0.970. The summed E-state index contributed by atoms with van der Waals surface area (Å²) in [5.74, 6) is -0.970. The molecule has 1 fully saturated rings. The topological polar surface area (TPSA) is 93.4 Å². The maximum atomic E-state index is 12.0. The SMILES string of the molecule is N#CCc1ccc(NC(=O)N2CCC[C@H]2C(=O)O)cc1. The minimum Gasteiger partial charge on any atom is -0.480 e. The van der Waals surface area contributed by atoms with E-state index in [-0.39, 0.29) is 0 Å². The molecule has 2 amide bonds. The van der Waals surface area contributed by atoms with Gasteiger partial charge in [0.15, 0.2) is 0 Å². The highest BCUT2D eigenvalue weighted by Crippen LogP contribution is 2.19. The largest absolute Gasteiger partial charge is 0.480 e. The molecule has 0 saturated carbocycles. The lowest BCUT2D eigenvalue weighted by molar-refractivity contribution is -0.141. The molecule has 0 aliphatic carbocycles. The lowest BCUT2D eigenvalue weighted by atomic mass is 10.1. The second-order valence-electron chi connectivity index (χ2n) is 4.65. The lowest BCUT2D eigenvalue weighted by Gasteiger charge is -2.21. The molecule has 1 aromatic carbocycles. The summed E-state index contributed by atoms with van der Waals surface area (Å²) in [5.41, 5.74) is 1.46. The van der Waals surface area contributed by atoms with Gasteiger partial charge in [-0.2, -0.15) is 5.26 Å². The number of nitrogens with zero attached hydrogens (tertiary/aromatic N) is 2. The van der Waals surface area contributed by atoms with Crippen LogP contribution in [0.4, 0.5) is 10.5 Å². The van der Waals surface area contributed by atoms with Gasteiger partial charge in [-0.15, -0.1) is 0 Å². The van der Waals surface area contributed by atoms with Crippen molar-refractivity contribution in [3.8, 4) is 6.07 Å². The molecule has 2 rings (SSSR count). The smallest absolute Gasteiger partial charge is 0.326 e. The van der Waals surface area contributed by atoms with Crippen LogP contribution in [0.25, 0.3) is 0 Å². The van der Waals surface area contributed by atoms with Crippen molar-refractivity contribution < 1.29 is 14.7 Å². The van der Waals surface area contributed by atoms with Crippen LogP contribution in [0.15, 0.2) is 24.3 Å². The van der Waals surface area contributed by atoms with Gasteiger partial charge < -0.3 is 15.3 Å². The minimum absolute atomic E-state index is 0.321. The van der Waals surface area contributed by atoms with Crippen LogP contribution >= 0.6 is 0 Å². The first-order chi connectivity index (χ1) is 9.61. The number of nitriles is 1. The van der Waals surface area contributed by atoms with Crippen LogP contribution in [0.5, 0.6) is 0 Å². The van der Waals surface area contributed by atoms with E-state index in [0.29, 0.717) is 31.5 Å². The molecule has 6 nitrogen and oxygen atoms in total. The maximum Gasteiger partial charge on any atom is 0.326 e. The molecule has 1 atom stereocenters. The second-order valence-corrected chi connectivity index (χ2v) is 4.65. The van der Waals surface area contributed by atoms with Crippen LogP contribution in [-0.4, -0.2) is 34.6 Å². The van der Waals surface area contributed by atoms with Crippen molar-refractivity contribution in [2.24, 2.45) is 0 Å². The molecule has 2 N–H and O–H groups in total. The van der Waals surface area contributed by atoms with Gasteiger partial charge >= 0.3 is 12.0 Å². The second kappa shape index (κ2) is 6.06. The number of rotatable bonds is 3. The maximum absolute atomic E-state index is 12.0. The third-order valence-corrected chi connectivity index (χ3v) is 3.29. The van der Waals surface area contributed by atoms with E-state index in [0.717, 1.165) is 5.56 Å². The van der Waals surface area contributed by atoms with E-state index < -0.39 is 18.0 Å². The van der Waals surface area contributed by atoms with Crippen LogP contribution in [0.3, 0.4) is 0 Å². The number of carbonyl (C=O) groups is 2. The average molecular weight is 273 g/mol. The number of hydrogen-bond donors (Lipinski definition) is 2. The first kappa shape index (κ1) is 13.9. The summed E-state index contributed by atoms with van der Waals surface area (Å²) < 4.78 is 0. The van der Waals surface area contributed by atoms with Crippen molar-refractivity contribution in [1.29, 1.82) is 5.26 Å². The highest BCUT2D eigenvalue weighted by molar-refractivity contribution is 5.92. The molecule has 0 bridgehead atoms.